The summed E-state index contributed by atoms with van der Waals surface area (Å²) in [6, 6.07) is 9.55. The molecule has 1 N–H and O–H groups in total. The summed E-state index contributed by atoms with van der Waals surface area (Å²) in [5.41, 5.74) is 0. The first-order valence-electron chi connectivity index (χ1n) is 7.28. The van der Waals surface area contributed by atoms with E-state index < -0.39 is 6.10 Å². The topological polar surface area (TPSA) is 38.7 Å². The second-order valence-electron chi connectivity index (χ2n) is 5.32. The van der Waals surface area contributed by atoms with E-state index in [-0.39, 0.29) is 6.61 Å². The van der Waals surface area contributed by atoms with Gasteiger partial charge < -0.3 is 14.6 Å². The van der Waals surface area contributed by atoms with Gasteiger partial charge in [-0.15, -0.1) is 0 Å². The van der Waals surface area contributed by atoms with E-state index in [4.69, 9.17) is 9.47 Å². The molecule has 3 nitrogen and oxygen atoms in total. The van der Waals surface area contributed by atoms with E-state index in [1.54, 1.807) is 0 Å². The summed E-state index contributed by atoms with van der Waals surface area (Å²) < 4.78 is 11.1. The number of hydrogen-bond acceptors (Lipinski definition) is 3. The Balaban J connectivity index is 1.55. The van der Waals surface area contributed by atoms with Crippen molar-refractivity contribution in [3.05, 3.63) is 30.3 Å². The van der Waals surface area contributed by atoms with Crippen LogP contribution in [0.2, 0.25) is 0 Å². The molecule has 1 aromatic carbocycles. The van der Waals surface area contributed by atoms with Crippen LogP contribution in [0.3, 0.4) is 0 Å². The maximum absolute atomic E-state index is 9.79. The molecule has 0 heterocycles. The van der Waals surface area contributed by atoms with Crippen LogP contribution in [0.1, 0.15) is 32.1 Å². The second-order valence-corrected chi connectivity index (χ2v) is 5.32. The monoisotopic (exact) mass is 264 g/mol. The molecule has 1 unspecified atom stereocenters. The van der Waals surface area contributed by atoms with Crippen LogP contribution in [-0.4, -0.2) is 31.0 Å². The van der Waals surface area contributed by atoms with Crippen LogP contribution in [0.5, 0.6) is 5.75 Å². The van der Waals surface area contributed by atoms with E-state index in [1.807, 2.05) is 30.3 Å². The van der Waals surface area contributed by atoms with Gasteiger partial charge in [0.05, 0.1) is 6.61 Å². The smallest absolute Gasteiger partial charge is 0.119 e. The standard InChI is InChI=1S/C16H24O3/c17-15(13-19-16-9-5-2-6-10-16)12-18-11-14-7-3-1-4-8-14/h2,5-6,9-10,14-15,17H,1,3-4,7-8,11-13H2. The Morgan fingerprint density at radius 2 is 1.79 bits per heavy atom. The Kier molecular flexibility index (Phi) is 6.18. The molecule has 1 fully saturated rings. The molecule has 1 aliphatic carbocycles. The summed E-state index contributed by atoms with van der Waals surface area (Å²) in [5, 5.41) is 9.79. The predicted octanol–water partition coefficient (Wildman–Crippen LogP) is 3.02. The number of ether oxygens (including phenoxy) is 2. The van der Waals surface area contributed by atoms with Crippen molar-refractivity contribution in [1.29, 1.82) is 0 Å². The summed E-state index contributed by atoms with van der Waals surface area (Å²) in [4.78, 5) is 0. The van der Waals surface area contributed by atoms with E-state index >= 15 is 0 Å². The van der Waals surface area contributed by atoms with Gasteiger partial charge in [-0.1, -0.05) is 37.5 Å². The molecule has 1 atom stereocenters. The molecule has 0 radical (unpaired) electrons. The lowest BCUT2D eigenvalue weighted by Crippen LogP contribution is -2.25. The molecule has 0 amide bonds. The zero-order valence-corrected chi connectivity index (χ0v) is 11.5. The Morgan fingerprint density at radius 1 is 1.05 bits per heavy atom. The molecule has 0 aromatic heterocycles. The molecule has 1 aromatic rings. The van der Waals surface area contributed by atoms with Crippen molar-refractivity contribution in [2.45, 2.75) is 38.2 Å². The van der Waals surface area contributed by atoms with Crippen LogP contribution in [-0.2, 0) is 4.74 Å². The minimum atomic E-state index is -0.552. The number of aliphatic hydroxyl groups excluding tert-OH is 1. The highest BCUT2D eigenvalue weighted by molar-refractivity contribution is 5.20. The molecule has 106 valence electrons. The minimum absolute atomic E-state index is 0.286. The molecule has 0 spiro atoms. The molecule has 0 bridgehead atoms. The van der Waals surface area contributed by atoms with Gasteiger partial charge in [-0.25, -0.2) is 0 Å². The Bertz CT molecular complexity index is 333. The third-order valence-corrected chi connectivity index (χ3v) is 3.57. The third-order valence-electron chi connectivity index (χ3n) is 3.57. The summed E-state index contributed by atoms with van der Waals surface area (Å²) in [6.07, 6.45) is 6.02. The van der Waals surface area contributed by atoms with E-state index in [0.29, 0.717) is 12.5 Å². The maximum Gasteiger partial charge on any atom is 0.119 e. The predicted molar refractivity (Wildman–Crippen MR) is 75.3 cm³/mol. The summed E-state index contributed by atoms with van der Waals surface area (Å²) in [7, 11) is 0. The highest BCUT2D eigenvalue weighted by Gasteiger charge is 2.14. The van der Waals surface area contributed by atoms with Gasteiger partial charge in [0.15, 0.2) is 0 Å². The third kappa shape index (κ3) is 5.62. The molecule has 3 heteroatoms. The minimum Gasteiger partial charge on any atom is -0.491 e. The fourth-order valence-electron chi connectivity index (χ4n) is 2.48. The molecule has 1 aliphatic rings. The lowest BCUT2D eigenvalue weighted by Gasteiger charge is -2.22. The second kappa shape index (κ2) is 8.18. The lowest BCUT2D eigenvalue weighted by atomic mass is 9.90. The van der Waals surface area contributed by atoms with Crippen LogP contribution in [0.25, 0.3) is 0 Å². The SMILES string of the molecule is OC(COCC1CCCCC1)COc1ccccc1. The van der Waals surface area contributed by atoms with Crippen LogP contribution in [0.4, 0.5) is 0 Å². The number of aliphatic hydroxyl groups is 1. The van der Waals surface area contributed by atoms with Crippen molar-refractivity contribution < 1.29 is 14.6 Å². The van der Waals surface area contributed by atoms with Crippen molar-refractivity contribution in [2.24, 2.45) is 5.92 Å². The molecule has 0 aliphatic heterocycles. The van der Waals surface area contributed by atoms with Crippen molar-refractivity contribution in [1.82, 2.24) is 0 Å². The number of rotatable bonds is 7. The maximum atomic E-state index is 9.79. The average molecular weight is 264 g/mol. The summed E-state index contributed by atoms with van der Waals surface area (Å²) in [6.45, 7) is 1.43. The van der Waals surface area contributed by atoms with Gasteiger partial charge in [0, 0.05) is 6.61 Å². The van der Waals surface area contributed by atoms with Crippen LogP contribution >= 0.6 is 0 Å². The quantitative estimate of drug-likeness (QED) is 0.822. The first-order chi connectivity index (χ1) is 9.34. The van der Waals surface area contributed by atoms with Gasteiger partial charge in [0.1, 0.15) is 18.5 Å². The van der Waals surface area contributed by atoms with E-state index in [9.17, 15) is 5.11 Å². The lowest BCUT2D eigenvalue weighted by molar-refractivity contribution is -0.00357. The molecule has 0 saturated heterocycles. The van der Waals surface area contributed by atoms with Gasteiger partial charge in [0.25, 0.3) is 0 Å². The average Bonchev–Trinajstić information content (AvgIpc) is 2.47. The zero-order valence-electron chi connectivity index (χ0n) is 11.5. The fraction of sp³-hybridized carbons (Fsp3) is 0.625. The van der Waals surface area contributed by atoms with Gasteiger partial charge >= 0.3 is 0 Å². The molecular formula is C16H24O3. The zero-order chi connectivity index (χ0) is 13.3. The Morgan fingerprint density at radius 3 is 2.53 bits per heavy atom. The number of hydrogen-bond donors (Lipinski definition) is 1. The van der Waals surface area contributed by atoms with Crippen LogP contribution in [0, 0.1) is 5.92 Å². The van der Waals surface area contributed by atoms with Crippen molar-refractivity contribution >= 4 is 0 Å². The van der Waals surface area contributed by atoms with Gasteiger partial charge in [0.2, 0.25) is 0 Å². The highest BCUT2D eigenvalue weighted by atomic mass is 16.5. The summed E-state index contributed by atoms with van der Waals surface area (Å²) in [5.74, 6) is 1.48. The first-order valence-corrected chi connectivity index (χ1v) is 7.28. The summed E-state index contributed by atoms with van der Waals surface area (Å²) >= 11 is 0. The van der Waals surface area contributed by atoms with Gasteiger partial charge in [-0.2, -0.15) is 0 Å². The van der Waals surface area contributed by atoms with E-state index in [0.717, 1.165) is 12.4 Å². The van der Waals surface area contributed by atoms with Crippen molar-refractivity contribution in [3.63, 3.8) is 0 Å². The number of para-hydroxylation sites is 1. The van der Waals surface area contributed by atoms with Gasteiger partial charge in [-0.05, 0) is 30.9 Å². The molecule has 19 heavy (non-hydrogen) atoms. The largest absolute Gasteiger partial charge is 0.491 e. The Labute approximate surface area is 115 Å². The van der Waals surface area contributed by atoms with Crippen molar-refractivity contribution in [2.75, 3.05) is 19.8 Å². The van der Waals surface area contributed by atoms with Crippen molar-refractivity contribution in [3.8, 4) is 5.75 Å². The molecule has 1 saturated carbocycles. The van der Waals surface area contributed by atoms with E-state index in [2.05, 4.69) is 0 Å². The highest BCUT2D eigenvalue weighted by Crippen LogP contribution is 2.23. The fourth-order valence-corrected chi connectivity index (χ4v) is 2.48. The number of benzene rings is 1. The molecular weight excluding hydrogens is 240 g/mol. The van der Waals surface area contributed by atoms with Crippen LogP contribution in [0.15, 0.2) is 30.3 Å². The van der Waals surface area contributed by atoms with E-state index in [1.165, 1.54) is 32.1 Å². The molecule has 2 rings (SSSR count). The Hall–Kier alpha value is -1.06. The van der Waals surface area contributed by atoms with Gasteiger partial charge in [-0.3, -0.25) is 0 Å². The van der Waals surface area contributed by atoms with Crippen LogP contribution < -0.4 is 4.74 Å². The first kappa shape index (κ1) is 14.4. The normalized spacial score (nSPS) is 18.2.